The van der Waals surface area contributed by atoms with Gasteiger partial charge in [0, 0.05) is 17.5 Å². The normalized spacial score (nSPS) is 24.1. The molecule has 1 rings (SSSR count). The van der Waals surface area contributed by atoms with E-state index in [1.807, 2.05) is 0 Å². The fourth-order valence-corrected chi connectivity index (χ4v) is 1.54. The lowest BCUT2D eigenvalue weighted by atomic mass is 9.74. The molecule has 1 aliphatic rings. The van der Waals surface area contributed by atoms with Crippen LogP contribution in [0, 0.1) is 15.5 Å². The smallest absolute Gasteiger partial charge is 0.274 e. The predicted octanol–water partition coefficient (Wildman–Crippen LogP) is -0.810. The van der Waals surface area contributed by atoms with Crippen molar-refractivity contribution in [3.8, 4) is 0 Å². The quantitative estimate of drug-likeness (QED) is 0.474. The van der Waals surface area contributed by atoms with E-state index in [-0.39, 0.29) is 5.57 Å². The molecule has 0 amide bonds. The van der Waals surface area contributed by atoms with Gasteiger partial charge in [0.25, 0.3) is 5.70 Å². The van der Waals surface area contributed by atoms with Gasteiger partial charge in [0.05, 0.1) is 16.5 Å². The van der Waals surface area contributed by atoms with Gasteiger partial charge in [-0.25, -0.2) is 0 Å². The zero-order valence-corrected chi connectivity index (χ0v) is 8.39. The summed E-state index contributed by atoms with van der Waals surface area (Å²) in [5.74, 6) is -1.55. The van der Waals surface area contributed by atoms with Gasteiger partial charge in [-0.15, -0.1) is 0 Å². The molecule has 15 heavy (non-hydrogen) atoms. The molecule has 0 aromatic heterocycles. The van der Waals surface area contributed by atoms with Crippen molar-refractivity contribution in [2.45, 2.75) is 19.9 Å². The van der Waals surface area contributed by atoms with E-state index in [2.05, 4.69) is 0 Å². The Hall–Kier alpha value is -1.69. The van der Waals surface area contributed by atoms with Gasteiger partial charge in [-0.1, -0.05) is 19.9 Å². The minimum absolute atomic E-state index is 0.359. The molecule has 0 radical (unpaired) electrons. The van der Waals surface area contributed by atoms with Crippen LogP contribution in [-0.4, -0.2) is 16.9 Å². The van der Waals surface area contributed by atoms with E-state index in [0.29, 0.717) is 0 Å². The number of hydrogen-bond donors (Lipinski definition) is 1. The van der Waals surface area contributed by atoms with Crippen molar-refractivity contribution in [3.05, 3.63) is 33.5 Å². The maximum Gasteiger partial charge on any atom is 0.274 e. The summed E-state index contributed by atoms with van der Waals surface area (Å²) in [5.41, 5.74) is 3.85. The summed E-state index contributed by atoms with van der Waals surface area (Å²) in [5, 5.41) is 21.5. The summed E-state index contributed by atoms with van der Waals surface area (Å²) in [6.07, 6.45) is 2.53. The highest BCUT2D eigenvalue weighted by molar-refractivity contribution is 5.88. The Balaban J connectivity index is 3.41. The van der Waals surface area contributed by atoms with E-state index in [4.69, 9.17) is 5.73 Å². The molecular weight excluding hydrogens is 200 g/mol. The summed E-state index contributed by atoms with van der Waals surface area (Å²) in [6.45, 7) is 3.08. The second-order valence-electron chi connectivity index (χ2n) is 3.91. The van der Waals surface area contributed by atoms with Crippen LogP contribution in [0.5, 0.6) is 0 Å². The van der Waals surface area contributed by atoms with E-state index >= 15 is 0 Å². The summed E-state index contributed by atoms with van der Waals surface area (Å²) in [4.78, 5) is 20.8. The van der Waals surface area contributed by atoms with Crippen molar-refractivity contribution in [1.29, 1.82) is 0 Å². The Kier molecular flexibility index (Phi) is 2.63. The molecule has 0 heterocycles. The monoisotopic (exact) mass is 211 g/mol. The van der Waals surface area contributed by atoms with Gasteiger partial charge in [0.15, 0.2) is 0 Å². The van der Waals surface area contributed by atoms with Crippen molar-refractivity contribution in [2.24, 2.45) is 11.1 Å². The third-order valence-electron chi connectivity index (χ3n) is 2.60. The van der Waals surface area contributed by atoms with Crippen molar-refractivity contribution in [3.63, 3.8) is 0 Å². The lowest BCUT2D eigenvalue weighted by molar-refractivity contribution is -0.422. The second-order valence-corrected chi connectivity index (χ2v) is 3.91. The van der Waals surface area contributed by atoms with Gasteiger partial charge in [-0.3, -0.25) is 10.1 Å². The standard InChI is InChI=1S/C9H12N2O4/c1-9(2)6(10)4-3-5(11(14)15)7(9)8(12)13/h3-4,6H,10H2,1-2H3,(H,12,13)/p-1. The SMILES string of the molecule is CC1(C)C(C(=O)[O-])=C([N+](=O)[O-])C=CC1N. The first-order valence-corrected chi connectivity index (χ1v) is 4.32. The first-order chi connectivity index (χ1) is 6.78. The maximum atomic E-state index is 10.9. The largest absolute Gasteiger partial charge is 0.545 e. The molecule has 0 aromatic rings. The minimum Gasteiger partial charge on any atom is -0.545 e. The molecule has 2 N–H and O–H groups in total. The number of hydrogen-bond acceptors (Lipinski definition) is 5. The van der Waals surface area contributed by atoms with E-state index in [0.717, 1.165) is 6.08 Å². The number of carbonyl (C=O) groups excluding carboxylic acids is 1. The van der Waals surface area contributed by atoms with Crippen LogP contribution in [0.2, 0.25) is 0 Å². The molecule has 1 atom stereocenters. The zero-order chi connectivity index (χ0) is 11.8. The summed E-state index contributed by atoms with van der Waals surface area (Å²) in [6, 6.07) is -0.575. The molecule has 0 fully saturated rings. The number of carboxylic acid groups (broad SMARTS) is 1. The highest BCUT2D eigenvalue weighted by Gasteiger charge is 2.38. The summed E-state index contributed by atoms with van der Waals surface area (Å²) < 4.78 is 0. The molecule has 1 aliphatic carbocycles. The topological polar surface area (TPSA) is 109 Å². The van der Waals surface area contributed by atoms with Crippen LogP contribution >= 0.6 is 0 Å². The maximum absolute atomic E-state index is 10.9. The van der Waals surface area contributed by atoms with Crippen molar-refractivity contribution >= 4 is 5.97 Å². The summed E-state index contributed by atoms with van der Waals surface area (Å²) in [7, 11) is 0. The Morgan fingerprint density at radius 1 is 1.60 bits per heavy atom. The fraction of sp³-hybridized carbons (Fsp3) is 0.444. The van der Waals surface area contributed by atoms with Crippen molar-refractivity contribution in [1.82, 2.24) is 0 Å². The number of nitro groups is 1. The van der Waals surface area contributed by atoms with E-state index < -0.39 is 28.0 Å². The Morgan fingerprint density at radius 3 is 2.53 bits per heavy atom. The number of rotatable bonds is 2. The van der Waals surface area contributed by atoms with Crippen LogP contribution in [0.25, 0.3) is 0 Å². The second kappa shape index (κ2) is 3.47. The number of aliphatic carboxylic acids is 1. The molecule has 6 heteroatoms. The third-order valence-corrected chi connectivity index (χ3v) is 2.60. The molecule has 0 saturated heterocycles. The van der Waals surface area contributed by atoms with Gasteiger partial charge >= 0.3 is 0 Å². The van der Waals surface area contributed by atoms with Gasteiger partial charge in [0.2, 0.25) is 0 Å². The molecule has 0 saturated carbocycles. The lowest BCUT2D eigenvalue weighted by Gasteiger charge is -2.34. The first-order valence-electron chi connectivity index (χ1n) is 4.32. The van der Waals surface area contributed by atoms with Crippen molar-refractivity contribution in [2.75, 3.05) is 0 Å². The molecule has 0 bridgehead atoms. The number of nitrogens with zero attached hydrogens (tertiary/aromatic N) is 1. The van der Waals surface area contributed by atoms with Crippen molar-refractivity contribution < 1.29 is 14.8 Å². The molecule has 0 aliphatic heterocycles. The van der Waals surface area contributed by atoms with Crippen LogP contribution in [0.15, 0.2) is 23.4 Å². The Bertz CT molecular complexity index is 382. The molecule has 82 valence electrons. The Labute approximate surface area is 86.2 Å². The lowest BCUT2D eigenvalue weighted by Crippen LogP contribution is -2.46. The Morgan fingerprint density at radius 2 is 2.13 bits per heavy atom. The first kappa shape index (κ1) is 11.4. The van der Waals surface area contributed by atoms with Gasteiger partial charge in [0.1, 0.15) is 0 Å². The van der Waals surface area contributed by atoms with Crippen LogP contribution in [0.3, 0.4) is 0 Å². The molecular formula is C9H11N2O4-. The van der Waals surface area contributed by atoms with Crippen LogP contribution in [0.4, 0.5) is 0 Å². The molecule has 0 spiro atoms. The van der Waals surface area contributed by atoms with Gasteiger partial charge in [-0.2, -0.15) is 0 Å². The highest BCUT2D eigenvalue weighted by Crippen LogP contribution is 2.35. The predicted molar refractivity (Wildman–Crippen MR) is 49.9 cm³/mol. The average molecular weight is 211 g/mol. The fourth-order valence-electron chi connectivity index (χ4n) is 1.54. The van der Waals surface area contributed by atoms with E-state index in [1.54, 1.807) is 0 Å². The van der Waals surface area contributed by atoms with Gasteiger partial charge in [-0.05, 0) is 0 Å². The van der Waals surface area contributed by atoms with Crippen LogP contribution in [0.1, 0.15) is 13.8 Å². The van der Waals surface area contributed by atoms with E-state index in [1.165, 1.54) is 19.9 Å². The minimum atomic E-state index is -1.55. The van der Waals surface area contributed by atoms with Gasteiger partial charge < -0.3 is 15.6 Å². The highest BCUT2D eigenvalue weighted by atomic mass is 16.6. The summed E-state index contributed by atoms with van der Waals surface area (Å²) >= 11 is 0. The number of nitrogens with two attached hydrogens (primary N) is 1. The number of carboxylic acids is 1. The number of carbonyl (C=O) groups is 1. The molecule has 0 aromatic carbocycles. The number of allylic oxidation sites excluding steroid dienone is 1. The molecule has 6 nitrogen and oxygen atoms in total. The third kappa shape index (κ3) is 1.75. The van der Waals surface area contributed by atoms with E-state index in [9.17, 15) is 20.0 Å². The van der Waals surface area contributed by atoms with Crippen LogP contribution < -0.4 is 10.8 Å². The zero-order valence-electron chi connectivity index (χ0n) is 8.39. The molecule has 1 unspecified atom stereocenters. The average Bonchev–Trinajstić information content (AvgIpc) is 2.07. The van der Waals surface area contributed by atoms with Crippen LogP contribution in [-0.2, 0) is 4.79 Å².